The fraction of sp³-hybridized carbons (Fsp3) is 0.133. The Morgan fingerprint density at radius 3 is 2.47 bits per heavy atom. The predicted molar refractivity (Wildman–Crippen MR) is 70.3 cm³/mol. The average Bonchev–Trinajstić information content (AvgIpc) is 2.33. The first-order chi connectivity index (χ1) is 8.20. The smallest absolute Gasteiger partial charge is 0.0669 e. The Labute approximate surface area is 101 Å². The highest BCUT2D eigenvalue weighted by atomic mass is 14.5. The van der Waals surface area contributed by atoms with Gasteiger partial charge in [-0.2, -0.15) is 5.26 Å². The van der Waals surface area contributed by atoms with Crippen molar-refractivity contribution < 1.29 is 0 Å². The Bertz CT molecular complexity index is 562. The van der Waals surface area contributed by atoms with E-state index in [4.69, 9.17) is 11.0 Å². The fourth-order valence-corrected chi connectivity index (χ4v) is 1.84. The van der Waals surface area contributed by atoms with Crippen LogP contribution in [0.25, 0.3) is 11.1 Å². The van der Waals surface area contributed by atoms with E-state index in [1.165, 1.54) is 5.56 Å². The lowest BCUT2D eigenvalue weighted by molar-refractivity contribution is 1.26. The zero-order valence-electron chi connectivity index (χ0n) is 9.77. The SMILES string of the molecule is Cc1ccc(-c2cc(N)ccc2CC#N)cc1. The molecule has 2 N–H and O–H groups in total. The summed E-state index contributed by atoms with van der Waals surface area (Å²) in [4.78, 5) is 0. The van der Waals surface area contributed by atoms with Gasteiger partial charge in [0.15, 0.2) is 0 Å². The number of aryl methyl sites for hydroxylation is 1. The van der Waals surface area contributed by atoms with E-state index in [0.29, 0.717) is 6.42 Å². The third-order valence-electron chi connectivity index (χ3n) is 2.77. The summed E-state index contributed by atoms with van der Waals surface area (Å²) in [6, 6.07) is 16.1. The summed E-state index contributed by atoms with van der Waals surface area (Å²) in [7, 11) is 0. The van der Waals surface area contributed by atoms with Crippen LogP contribution in [0.3, 0.4) is 0 Å². The lowest BCUT2D eigenvalue weighted by Crippen LogP contribution is -1.92. The highest BCUT2D eigenvalue weighted by Crippen LogP contribution is 2.26. The van der Waals surface area contributed by atoms with Crippen molar-refractivity contribution in [3.05, 3.63) is 53.6 Å². The molecular weight excluding hydrogens is 208 g/mol. The third-order valence-corrected chi connectivity index (χ3v) is 2.77. The summed E-state index contributed by atoms with van der Waals surface area (Å²) in [5, 5.41) is 8.82. The molecule has 2 aromatic rings. The van der Waals surface area contributed by atoms with Crippen molar-refractivity contribution in [3.63, 3.8) is 0 Å². The maximum absolute atomic E-state index is 8.82. The van der Waals surface area contributed by atoms with Crippen LogP contribution in [-0.4, -0.2) is 0 Å². The number of hydrogen-bond donors (Lipinski definition) is 1. The second kappa shape index (κ2) is 4.71. The van der Waals surface area contributed by atoms with Crippen LogP contribution in [0.5, 0.6) is 0 Å². The van der Waals surface area contributed by atoms with E-state index >= 15 is 0 Å². The second-order valence-corrected chi connectivity index (χ2v) is 4.12. The Kier molecular flexibility index (Phi) is 3.11. The van der Waals surface area contributed by atoms with Crippen LogP contribution in [-0.2, 0) is 6.42 Å². The lowest BCUT2D eigenvalue weighted by atomic mass is 9.97. The van der Waals surface area contributed by atoms with E-state index in [1.807, 2.05) is 18.2 Å². The van der Waals surface area contributed by atoms with Gasteiger partial charge < -0.3 is 5.73 Å². The lowest BCUT2D eigenvalue weighted by Gasteiger charge is -2.08. The molecule has 0 aromatic heterocycles. The molecule has 0 bridgehead atoms. The molecule has 84 valence electrons. The molecular formula is C15H14N2. The van der Waals surface area contributed by atoms with E-state index in [9.17, 15) is 0 Å². The standard InChI is InChI=1S/C15H14N2/c1-11-2-4-12(5-3-11)15-10-14(17)7-6-13(15)8-9-16/h2-7,10H,8,17H2,1H3. The highest BCUT2D eigenvalue weighted by molar-refractivity contribution is 5.71. The van der Waals surface area contributed by atoms with Crippen LogP contribution in [0, 0.1) is 18.3 Å². The molecule has 2 aromatic carbocycles. The minimum Gasteiger partial charge on any atom is -0.399 e. The number of benzene rings is 2. The van der Waals surface area contributed by atoms with E-state index in [1.54, 1.807) is 0 Å². The summed E-state index contributed by atoms with van der Waals surface area (Å²) in [5.41, 5.74) is 10.9. The molecule has 2 heteroatoms. The molecule has 0 heterocycles. The predicted octanol–water partition coefficient (Wildman–Crippen LogP) is 3.31. The van der Waals surface area contributed by atoms with Gasteiger partial charge in [0.1, 0.15) is 0 Å². The third kappa shape index (κ3) is 2.46. The van der Waals surface area contributed by atoms with Crippen molar-refractivity contribution in [2.45, 2.75) is 13.3 Å². The van der Waals surface area contributed by atoms with Crippen LogP contribution >= 0.6 is 0 Å². The zero-order chi connectivity index (χ0) is 12.3. The van der Waals surface area contributed by atoms with Gasteiger partial charge in [-0.15, -0.1) is 0 Å². The molecule has 0 fully saturated rings. The minimum absolute atomic E-state index is 0.406. The summed E-state index contributed by atoms with van der Waals surface area (Å²) in [6.07, 6.45) is 0.406. The van der Waals surface area contributed by atoms with Gasteiger partial charge in [-0.3, -0.25) is 0 Å². The maximum atomic E-state index is 8.82. The molecule has 0 radical (unpaired) electrons. The Balaban J connectivity index is 2.53. The largest absolute Gasteiger partial charge is 0.399 e. The molecule has 0 unspecified atom stereocenters. The molecule has 2 rings (SSSR count). The van der Waals surface area contributed by atoms with Gasteiger partial charge in [-0.25, -0.2) is 0 Å². The van der Waals surface area contributed by atoms with Crippen LogP contribution in [0.4, 0.5) is 5.69 Å². The Hall–Kier alpha value is -2.27. The first-order valence-corrected chi connectivity index (χ1v) is 5.53. The van der Waals surface area contributed by atoms with Crippen molar-refractivity contribution in [2.24, 2.45) is 0 Å². The van der Waals surface area contributed by atoms with E-state index < -0.39 is 0 Å². The van der Waals surface area contributed by atoms with Gasteiger partial charge in [0.2, 0.25) is 0 Å². The van der Waals surface area contributed by atoms with Crippen LogP contribution in [0.2, 0.25) is 0 Å². The molecule has 0 amide bonds. The van der Waals surface area contributed by atoms with Gasteiger partial charge in [0.25, 0.3) is 0 Å². The van der Waals surface area contributed by atoms with Crippen LogP contribution in [0.15, 0.2) is 42.5 Å². The minimum atomic E-state index is 0.406. The first-order valence-electron chi connectivity index (χ1n) is 5.53. The van der Waals surface area contributed by atoms with E-state index in [2.05, 4.69) is 37.3 Å². The highest BCUT2D eigenvalue weighted by Gasteiger charge is 2.05. The van der Waals surface area contributed by atoms with Gasteiger partial charge in [0, 0.05) is 5.69 Å². The molecule has 0 saturated carbocycles. The topological polar surface area (TPSA) is 49.8 Å². The van der Waals surface area contributed by atoms with E-state index in [-0.39, 0.29) is 0 Å². The summed E-state index contributed by atoms with van der Waals surface area (Å²) >= 11 is 0. The van der Waals surface area contributed by atoms with Crippen LogP contribution in [0.1, 0.15) is 11.1 Å². The van der Waals surface area contributed by atoms with Crippen molar-refractivity contribution in [2.75, 3.05) is 5.73 Å². The van der Waals surface area contributed by atoms with Gasteiger partial charge in [-0.05, 0) is 35.7 Å². The summed E-state index contributed by atoms with van der Waals surface area (Å²) in [5.74, 6) is 0. The quantitative estimate of drug-likeness (QED) is 0.792. The maximum Gasteiger partial charge on any atom is 0.0669 e. The molecule has 0 aliphatic carbocycles. The Morgan fingerprint density at radius 2 is 1.82 bits per heavy atom. The first kappa shape index (κ1) is 11.2. The molecule has 2 nitrogen and oxygen atoms in total. The molecule has 0 saturated heterocycles. The summed E-state index contributed by atoms with van der Waals surface area (Å²) in [6.45, 7) is 2.05. The van der Waals surface area contributed by atoms with Crippen molar-refractivity contribution in [3.8, 4) is 17.2 Å². The molecule has 0 spiro atoms. The monoisotopic (exact) mass is 222 g/mol. The van der Waals surface area contributed by atoms with Crippen molar-refractivity contribution in [1.82, 2.24) is 0 Å². The molecule has 0 aliphatic rings. The number of nitrogen functional groups attached to an aromatic ring is 1. The number of anilines is 1. The average molecular weight is 222 g/mol. The number of nitrogens with two attached hydrogens (primary N) is 1. The fourth-order valence-electron chi connectivity index (χ4n) is 1.84. The number of hydrogen-bond acceptors (Lipinski definition) is 2. The van der Waals surface area contributed by atoms with E-state index in [0.717, 1.165) is 22.4 Å². The van der Waals surface area contributed by atoms with Gasteiger partial charge in [-0.1, -0.05) is 35.9 Å². The molecule has 0 aliphatic heterocycles. The number of nitrogens with zero attached hydrogens (tertiary/aromatic N) is 1. The second-order valence-electron chi connectivity index (χ2n) is 4.12. The summed E-state index contributed by atoms with van der Waals surface area (Å²) < 4.78 is 0. The van der Waals surface area contributed by atoms with Crippen molar-refractivity contribution >= 4 is 5.69 Å². The molecule has 17 heavy (non-hydrogen) atoms. The normalized spacial score (nSPS) is 9.88. The van der Waals surface area contributed by atoms with Gasteiger partial charge >= 0.3 is 0 Å². The van der Waals surface area contributed by atoms with Crippen LogP contribution < -0.4 is 5.73 Å². The molecule has 0 atom stereocenters. The number of rotatable bonds is 2. The van der Waals surface area contributed by atoms with Gasteiger partial charge in [0.05, 0.1) is 12.5 Å². The zero-order valence-corrected chi connectivity index (χ0v) is 9.77. The Morgan fingerprint density at radius 1 is 1.12 bits per heavy atom. The van der Waals surface area contributed by atoms with Crippen molar-refractivity contribution in [1.29, 1.82) is 5.26 Å². The number of nitriles is 1.